The van der Waals surface area contributed by atoms with Gasteiger partial charge < -0.3 is 4.42 Å². The molecule has 11 aromatic carbocycles. The van der Waals surface area contributed by atoms with Gasteiger partial charge in [-0.3, -0.25) is 0 Å². The number of allylic oxidation sites excluding steroid dienone is 2. The zero-order valence-electron chi connectivity index (χ0n) is 37.1. The van der Waals surface area contributed by atoms with Crippen LogP contribution >= 0.6 is 22.7 Å². The molecule has 1 nitrogen and oxygen atoms in total. The standard InChI is InChI=1S/C65H40OS2/c1-3-4-16-42-38(2)61(40-29-32-45-43-17-11-13-27-57(43)67-59(45)36-40)47-19-5-10-24-52(47)64(42)53-25-15-26-56-65(53)54-35-39(31-34-55(54)66-56)62-48-20-6-8-22-50(48)63(51-23-9-7-21-49(51)62)41-30-33-46-44-18-12-14-28-58(44)68-60(46)37-41/h3-37H,1H2,2H3/b16-4-. The fourth-order valence-electron chi connectivity index (χ4n) is 11.3. The van der Waals surface area contributed by atoms with E-state index in [1.165, 1.54) is 117 Å². The van der Waals surface area contributed by atoms with Crippen LogP contribution in [-0.2, 0) is 0 Å². The van der Waals surface area contributed by atoms with Gasteiger partial charge in [0.1, 0.15) is 11.2 Å². The third-order valence-corrected chi connectivity index (χ3v) is 16.5. The van der Waals surface area contributed by atoms with Crippen LogP contribution in [0.2, 0.25) is 0 Å². The van der Waals surface area contributed by atoms with Crippen LogP contribution in [0.15, 0.2) is 217 Å². The maximum absolute atomic E-state index is 6.80. The van der Waals surface area contributed by atoms with E-state index in [2.05, 4.69) is 220 Å². The third kappa shape index (κ3) is 5.80. The van der Waals surface area contributed by atoms with E-state index in [1.54, 1.807) is 0 Å². The molecule has 0 amide bonds. The van der Waals surface area contributed by atoms with Gasteiger partial charge in [0.2, 0.25) is 0 Å². The second-order valence-corrected chi connectivity index (χ2v) is 20.0. The average molecular weight is 901 g/mol. The lowest BCUT2D eigenvalue weighted by Gasteiger charge is -2.20. The lowest BCUT2D eigenvalue weighted by Crippen LogP contribution is -1.96. The number of hydrogen-bond donors (Lipinski definition) is 0. The largest absolute Gasteiger partial charge is 0.456 e. The summed E-state index contributed by atoms with van der Waals surface area (Å²) < 4.78 is 12.0. The van der Waals surface area contributed by atoms with Gasteiger partial charge in [0.25, 0.3) is 0 Å². The van der Waals surface area contributed by atoms with Gasteiger partial charge in [-0.2, -0.15) is 0 Å². The van der Waals surface area contributed by atoms with Crippen LogP contribution < -0.4 is 0 Å². The van der Waals surface area contributed by atoms with Crippen molar-refractivity contribution in [2.75, 3.05) is 0 Å². The first-order valence-corrected chi connectivity index (χ1v) is 24.8. The highest BCUT2D eigenvalue weighted by Crippen LogP contribution is 2.50. The van der Waals surface area contributed by atoms with Crippen molar-refractivity contribution in [2.45, 2.75) is 6.92 Å². The number of hydrogen-bond acceptors (Lipinski definition) is 3. The molecule has 0 radical (unpaired) electrons. The van der Waals surface area contributed by atoms with Crippen molar-refractivity contribution in [1.82, 2.24) is 0 Å². The van der Waals surface area contributed by atoms with Crippen LogP contribution in [0.25, 0.3) is 145 Å². The maximum Gasteiger partial charge on any atom is 0.136 e. The Kier molecular flexibility index (Phi) is 8.76. The normalized spacial score (nSPS) is 12.2. The Hall–Kier alpha value is -8.08. The molecule has 68 heavy (non-hydrogen) atoms. The van der Waals surface area contributed by atoms with Gasteiger partial charge in [-0.1, -0.05) is 176 Å². The summed E-state index contributed by atoms with van der Waals surface area (Å²) in [4.78, 5) is 0. The molecule has 0 aliphatic heterocycles. The van der Waals surface area contributed by atoms with E-state index in [4.69, 9.17) is 4.42 Å². The number of furan rings is 1. The molecular formula is C65H40OS2. The minimum absolute atomic E-state index is 0.871. The molecular weight excluding hydrogens is 861 g/mol. The van der Waals surface area contributed by atoms with Gasteiger partial charge in [-0.25, -0.2) is 0 Å². The summed E-state index contributed by atoms with van der Waals surface area (Å²) in [5.74, 6) is 0. The molecule has 0 spiro atoms. The Labute approximate surface area is 400 Å². The van der Waals surface area contributed by atoms with Gasteiger partial charge in [-0.05, 0) is 137 Å². The Bertz CT molecular complexity index is 4420. The second kappa shape index (κ2) is 15.2. The van der Waals surface area contributed by atoms with Crippen molar-refractivity contribution in [3.63, 3.8) is 0 Å². The number of thiophene rings is 2. The summed E-state index contributed by atoms with van der Waals surface area (Å²) in [5.41, 5.74) is 13.9. The van der Waals surface area contributed by atoms with E-state index in [1.807, 2.05) is 28.7 Å². The van der Waals surface area contributed by atoms with E-state index in [9.17, 15) is 0 Å². The predicted molar refractivity (Wildman–Crippen MR) is 298 cm³/mol. The van der Waals surface area contributed by atoms with Crippen molar-refractivity contribution >= 4 is 123 Å². The highest BCUT2D eigenvalue weighted by atomic mass is 32.1. The monoisotopic (exact) mass is 900 g/mol. The van der Waals surface area contributed by atoms with Crippen LogP contribution in [0, 0.1) is 6.92 Å². The van der Waals surface area contributed by atoms with Gasteiger partial charge in [-0.15, -0.1) is 22.7 Å². The Morgan fingerprint density at radius 1 is 0.382 bits per heavy atom. The van der Waals surface area contributed by atoms with E-state index in [0.717, 1.165) is 33.1 Å². The fraction of sp³-hybridized carbons (Fsp3) is 0.0154. The molecule has 0 atom stereocenters. The zero-order chi connectivity index (χ0) is 45.0. The van der Waals surface area contributed by atoms with Gasteiger partial charge in [0, 0.05) is 51.1 Å². The molecule has 0 saturated heterocycles. The molecule has 0 unspecified atom stereocenters. The lowest BCUT2D eigenvalue weighted by atomic mass is 9.82. The third-order valence-electron chi connectivity index (χ3n) is 14.2. The van der Waals surface area contributed by atoms with Crippen molar-refractivity contribution < 1.29 is 4.42 Å². The van der Waals surface area contributed by atoms with Crippen LogP contribution in [-0.4, -0.2) is 0 Å². The first-order valence-electron chi connectivity index (χ1n) is 23.2. The molecule has 0 saturated carbocycles. The quantitative estimate of drug-likeness (QED) is 0.120. The molecule has 14 rings (SSSR count). The number of benzene rings is 11. The van der Waals surface area contributed by atoms with Crippen LogP contribution in [0.5, 0.6) is 0 Å². The molecule has 318 valence electrons. The molecule has 3 heterocycles. The molecule has 3 heteroatoms. The predicted octanol–water partition coefficient (Wildman–Crippen LogP) is 20.0. The van der Waals surface area contributed by atoms with Crippen molar-refractivity contribution in [1.29, 1.82) is 0 Å². The molecule has 0 bridgehead atoms. The van der Waals surface area contributed by atoms with Crippen LogP contribution in [0.1, 0.15) is 11.1 Å². The maximum atomic E-state index is 6.80. The summed E-state index contributed by atoms with van der Waals surface area (Å²) in [6.07, 6.45) is 6.20. The van der Waals surface area contributed by atoms with E-state index < -0.39 is 0 Å². The summed E-state index contributed by atoms with van der Waals surface area (Å²) >= 11 is 3.74. The summed E-state index contributed by atoms with van der Waals surface area (Å²) in [7, 11) is 0. The summed E-state index contributed by atoms with van der Waals surface area (Å²) in [6, 6.07) is 71.8. The van der Waals surface area contributed by atoms with Crippen LogP contribution in [0.4, 0.5) is 0 Å². The van der Waals surface area contributed by atoms with E-state index >= 15 is 0 Å². The molecule has 0 aliphatic rings. The van der Waals surface area contributed by atoms with Gasteiger partial charge in [0.05, 0.1) is 0 Å². The molecule has 0 fully saturated rings. The van der Waals surface area contributed by atoms with Gasteiger partial charge >= 0.3 is 0 Å². The minimum atomic E-state index is 0.871. The smallest absolute Gasteiger partial charge is 0.136 e. The Morgan fingerprint density at radius 3 is 1.40 bits per heavy atom. The van der Waals surface area contributed by atoms with E-state index in [-0.39, 0.29) is 0 Å². The average Bonchev–Trinajstić information content (AvgIpc) is 4.08. The zero-order valence-corrected chi connectivity index (χ0v) is 38.8. The lowest BCUT2D eigenvalue weighted by molar-refractivity contribution is 0.669. The second-order valence-electron chi connectivity index (χ2n) is 17.9. The number of rotatable bonds is 6. The number of fused-ring (bicyclic) bond motifs is 12. The highest BCUT2D eigenvalue weighted by Gasteiger charge is 2.24. The Morgan fingerprint density at radius 2 is 0.838 bits per heavy atom. The topological polar surface area (TPSA) is 13.1 Å². The van der Waals surface area contributed by atoms with E-state index in [0.29, 0.717) is 0 Å². The molecule has 0 aliphatic carbocycles. The fourth-order valence-corrected chi connectivity index (χ4v) is 13.6. The SMILES string of the molecule is C=C/C=C\c1c(C)c(-c2ccc3c(c2)sc2ccccc23)c2ccccc2c1-c1cccc2oc3ccc(-c4c5ccccc5c(-c5ccc6c(c5)sc5ccccc56)c5ccccc45)cc3c12. The van der Waals surface area contributed by atoms with Crippen LogP contribution in [0.3, 0.4) is 0 Å². The van der Waals surface area contributed by atoms with Gasteiger partial charge in [0.15, 0.2) is 0 Å². The first-order chi connectivity index (χ1) is 33.6. The Balaban J connectivity index is 0.999. The van der Waals surface area contributed by atoms with Crippen molar-refractivity contribution in [3.05, 3.63) is 224 Å². The molecule has 0 N–H and O–H groups in total. The summed E-state index contributed by atoms with van der Waals surface area (Å²) in [5, 5.41) is 14.8. The van der Waals surface area contributed by atoms with Crippen molar-refractivity contribution in [3.8, 4) is 44.5 Å². The summed E-state index contributed by atoms with van der Waals surface area (Å²) in [6.45, 7) is 6.40. The highest BCUT2D eigenvalue weighted by molar-refractivity contribution is 7.26. The molecule has 14 aromatic rings. The minimum Gasteiger partial charge on any atom is -0.456 e. The first kappa shape index (κ1) is 39.1. The molecule has 3 aromatic heterocycles. The van der Waals surface area contributed by atoms with Crippen molar-refractivity contribution in [2.24, 2.45) is 0 Å².